The largest absolute Gasteiger partial charge is 0.477 e. The summed E-state index contributed by atoms with van der Waals surface area (Å²) in [4.78, 5) is 15.7. The number of carbonyl (C=O) groups is 1. The SMILES string of the molecule is CCCc1nc(S/C(=C\c2ccc(Cl)cc2)C(=O)O)n[nH]1. The maximum atomic E-state index is 11.3. The van der Waals surface area contributed by atoms with E-state index in [0.29, 0.717) is 10.2 Å². The summed E-state index contributed by atoms with van der Waals surface area (Å²) in [6, 6.07) is 6.94. The number of aromatic amines is 1. The molecule has 2 aromatic rings. The van der Waals surface area contributed by atoms with Crippen LogP contribution >= 0.6 is 23.4 Å². The number of aromatic nitrogens is 3. The fourth-order valence-corrected chi connectivity index (χ4v) is 2.47. The highest BCUT2D eigenvalue weighted by Gasteiger charge is 2.13. The molecule has 0 bridgehead atoms. The standard InChI is InChI=1S/C14H14ClN3O2S/c1-2-3-12-16-14(18-17-12)21-11(13(19)20)8-9-4-6-10(15)7-5-9/h4-8H,2-3H2,1H3,(H,19,20)(H,16,17,18)/b11-8-. The molecule has 0 aliphatic carbocycles. The Morgan fingerprint density at radius 2 is 2.14 bits per heavy atom. The van der Waals surface area contributed by atoms with Crippen molar-refractivity contribution in [1.29, 1.82) is 0 Å². The number of nitrogens with zero attached hydrogens (tertiary/aromatic N) is 2. The summed E-state index contributed by atoms with van der Waals surface area (Å²) in [7, 11) is 0. The molecule has 0 fully saturated rings. The van der Waals surface area contributed by atoms with Crippen molar-refractivity contribution in [2.45, 2.75) is 24.9 Å². The highest BCUT2D eigenvalue weighted by molar-refractivity contribution is 8.04. The molecule has 0 radical (unpaired) electrons. The van der Waals surface area contributed by atoms with Crippen LogP contribution in [0.5, 0.6) is 0 Å². The first-order valence-corrected chi connectivity index (χ1v) is 7.57. The smallest absolute Gasteiger partial charge is 0.342 e. The van der Waals surface area contributed by atoms with Gasteiger partial charge in [0, 0.05) is 11.4 Å². The molecular formula is C14H14ClN3O2S. The summed E-state index contributed by atoms with van der Waals surface area (Å²) >= 11 is 6.82. The first-order valence-electron chi connectivity index (χ1n) is 6.38. The number of carboxylic acid groups (broad SMARTS) is 1. The van der Waals surface area contributed by atoms with Crippen LogP contribution in [0.4, 0.5) is 0 Å². The average Bonchev–Trinajstić information content (AvgIpc) is 2.88. The van der Waals surface area contributed by atoms with E-state index < -0.39 is 5.97 Å². The second kappa shape index (κ2) is 7.28. The summed E-state index contributed by atoms with van der Waals surface area (Å²) in [6.07, 6.45) is 3.31. The number of aliphatic carboxylic acids is 1. The van der Waals surface area contributed by atoms with Crippen molar-refractivity contribution in [2.75, 3.05) is 0 Å². The summed E-state index contributed by atoms with van der Waals surface area (Å²) in [6.45, 7) is 2.04. The zero-order chi connectivity index (χ0) is 15.2. The number of aryl methyl sites for hydroxylation is 1. The number of H-pyrrole nitrogens is 1. The molecule has 1 aromatic heterocycles. The molecule has 5 nitrogen and oxygen atoms in total. The topological polar surface area (TPSA) is 78.9 Å². The highest BCUT2D eigenvalue weighted by atomic mass is 35.5. The van der Waals surface area contributed by atoms with E-state index >= 15 is 0 Å². The van der Waals surface area contributed by atoms with Crippen LogP contribution in [0.1, 0.15) is 24.7 Å². The number of carboxylic acids is 1. The summed E-state index contributed by atoms with van der Waals surface area (Å²) in [5.74, 6) is -0.256. The fraction of sp³-hybridized carbons (Fsp3) is 0.214. The number of halogens is 1. The molecule has 1 aromatic carbocycles. The summed E-state index contributed by atoms with van der Waals surface area (Å²) < 4.78 is 0. The molecule has 0 atom stereocenters. The molecule has 0 saturated heterocycles. The molecular weight excluding hydrogens is 310 g/mol. The van der Waals surface area contributed by atoms with Gasteiger partial charge in [0.1, 0.15) is 10.7 Å². The molecule has 2 N–H and O–H groups in total. The third-order valence-corrected chi connectivity index (χ3v) is 3.71. The molecule has 2 rings (SSSR count). The molecule has 1 heterocycles. The lowest BCUT2D eigenvalue weighted by Gasteiger charge is -1.99. The summed E-state index contributed by atoms with van der Waals surface area (Å²) in [5, 5.41) is 17.1. The zero-order valence-corrected chi connectivity index (χ0v) is 12.9. The van der Waals surface area contributed by atoms with Crippen LogP contribution in [0.25, 0.3) is 6.08 Å². The average molecular weight is 324 g/mol. The molecule has 0 saturated carbocycles. The van der Waals surface area contributed by atoms with Crippen molar-refractivity contribution in [3.63, 3.8) is 0 Å². The van der Waals surface area contributed by atoms with E-state index in [0.717, 1.165) is 36.0 Å². The van der Waals surface area contributed by atoms with Crippen molar-refractivity contribution < 1.29 is 9.90 Å². The highest BCUT2D eigenvalue weighted by Crippen LogP contribution is 2.26. The molecule has 0 unspecified atom stereocenters. The van der Waals surface area contributed by atoms with Crippen LogP contribution in [0, 0.1) is 0 Å². The van der Waals surface area contributed by atoms with Gasteiger partial charge in [0.2, 0.25) is 5.16 Å². The van der Waals surface area contributed by atoms with E-state index in [1.54, 1.807) is 30.3 Å². The second-order valence-corrected chi connectivity index (χ2v) is 5.73. The van der Waals surface area contributed by atoms with Gasteiger partial charge in [-0.25, -0.2) is 9.78 Å². The number of hydrogen-bond acceptors (Lipinski definition) is 4. The minimum absolute atomic E-state index is 0.152. The molecule has 0 spiro atoms. The Labute approximate surface area is 131 Å². The third-order valence-electron chi connectivity index (χ3n) is 2.58. The van der Waals surface area contributed by atoms with Crippen LogP contribution in [-0.4, -0.2) is 26.3 Å². The molecule has 7 heteroatoms. The van der Waals surface area contributed by atoms with E-state index in [1.807, 2.05) is 6.92 Å². The van der Waals surface area contributed by atoms with Gasteiger partial charge >= 0.3 is 5.97 Å². The van der Waals surface area contributed by atoms with E-state index in [2.05, 4.69) is 15.2 Å². The maximum Gasteiger partial charge on any atom is 0.342 e. The third kappa shape index (κ3) is 4.61. The zero-order valence-electron chi connectivity index (χ0n) is 11.3. The Balaban J connectivity index is 2.18. The van der Waals surface area contributed by atoms with Gasteiger partial charge in [-0.05, 0) is 42.0 Å². The van der Waals surface area contributed by atoms with E-state index in [-0.39, 0.29) is 4.91 Å². The Hall–Kier alpha value is -1.79. The Morgan fingerprint density at radius 1 is 1.43 bits per heavy atom. The lowest BCUT2D eigenvalue weighted by atomic mass is 10.2. The van der Waals surface area contributed by atoms with Crippen molar-refractivity contribution >= 4 is 35.4 Å². The molecule has 110 valence electrons. The van der Waals surface area contributed by atoms with Gasteiger partial charge in [-0.2, -0.15) is 0 Å². The van der Waals surface area contributed by atoms with Gasteiger partial charge < -0.3 is 5.11 Å². The molecule has 0 aliphatic heterocycles. The van der Waals surface area contributed by atoms with Crippen LogP contribution < -0.4 is 0 Å². The first-order chi connectivity index (χ1) is 10.1. The van der Waals surface area contributed by atoms with Crippen LogP contribution in [0.3, 0.4) is 0 Å². The van der Waals surface area contributed by atoms with E-state index in [9.17, 15) is 9.90 Å². The van der Waals surface area contributed by atoms with Gasteiger partial charge in [-0.3, -0.25) is 5.10 Å². The van der Waals surface area contributed by atoms with Gasteiger partial charge in [-0.1, -0.05) is 30.7 Å². The minimum Gasteiger partial charge on any atom is -0.477 e. The normalized spacial score (nSPS) is 11.6. The lowest BCUT2D eigenvalue weighted by Crippen LogP contribution is -1.97. The predicted molar refractivity (Wildman–Crippen MR) is 83.3 cm³/mol. The van der Waals surface area contributed by atoms with Gasteiger partial charge in [0.25, 0.3) is 0 Å². The number of hydrogen-bond donors (Lipinski definition) is 2. The number of rotatable bonds is 6. The van der Waals surface area contributed by atoms with Gasteiger partial charge in [-0.15, -0.1) is 5.10 Å². The number of benzene rings is 1. The van der Waals surface area contributed by atoms with Gasteiger partial charge in [0.05, 0.1) is 0 Å². The van der Waals surface area contributed by atoms with Crippen LogP contribution in [0.2, 0.25) is 5.02 Å². The van der Waals surface area contributed by atoms with E-state index in [4.69, 9.17) is 11.6 Å². The maximum absolute atomic E-state index is 11.3. The van der Waals surface area contributed by atoms with Crippen molar-refractivity contribution in [1.82, 2.24) is 15.2 Å². The molecule has 21 heavy (non-hydrogen) atoms. The van der Waals surface area contributed by atoms with Crippen molar-refractivity contribution in [3.05, 3.63) is 45.6 Å². The molecule has 0 amide bonds. The Kier molecular flexibility index (Phi) is 5.41. The van der Waals surface area contributed by atoms with E-state index in [1.165, 1.54) is 0 Å². The summed E-state index contributed by atoms with van der Waals surface area (Å²) in [5.41, 5.74) is 0.758. The Morgan fingerprint density at radius 3 is 2.76 bits per heavy atom. The monoisotopic (exact) mass is 323 g/mol. The second-order valence-electron chi connectivity index (χ2n) is 4.28. The van der Waals surface area contributed by atoms with Crippen molar-refractivity contribution in [3.8, 4) is 0 Å². The van der Waals surface area contributed by atoms with Gasteiger partial charge in [0.15, 0.2) is 0 Å². The Bertz CT molecular complexity index is 652. The van der Waals surface area contributed by atoms with Crippen LogP contribution in [-0.2, 0) is 11.2 Å². The quantitative estimate of drug-likeness (QED) is 0.627. The lowest BCUT2D eigenvalue weighted by molar-refractivity contribution is -0.131. The molecule has 0 aliphatic rings. The van der Waals surface area contributed by atoms with Crippen molar-refractivity contribution in [2.24, 2.45) is 0 Å². The number of thioether (sulfide) groups is 1. The van der Waals surface area contributed by atoms with Crippen LogP contribution in [0.15, 0.2) is 34.3 Å². The first kappa shape index (κ1) is 15.6. The fourth-order valence-electron chi connectivity index (χ4n) is 1.62. The number of nitrogens with one attached hydrogen (secondary N) is 1. The predicted octanol–water partition coefficient (Wildman–Crippen LogP) is 3.63. The minimum atomic E-state index is -1.02.